The predicted octanol–water partition coefficient (Wildman–Crippen LogP) is 1.69. The van der Waals surface area contributed by atoms with Crippen LogP contribution in [0.5, 0.6) is 0 Å². The molecule has 3 rings (SSSR count). The van der Waals surface area contributed by atoms with Gasteiger partial charge in [-0.05, 0) is 29.6 Å². The first-order valence-corrected chi connectivity index (χ1v) is 10.7. The highest BCUT2D eigenvalue weighted by Crippen LogP contribution is 2.24. The van der Waals surface area contributed by atoms with Crippen LogP contribution in [0.4, 0.5) is 0 Å². The summed E-state index contributed by atoms with van der Waals surface area (Å²) < 4.78 is 24.7. The average Bonchev–Trinajstić information content (AvgIpc) is 3.18. The Hall–Kier alpha value is -1.88. The number of nitrogens with zero attached hydrogens (tertiary/aromatic N) is 2. The highest BCUT2D eigenvalue weighted by atomic mass is 32.2. The Morgan fingerprint density at radius 1 is 1.40 bits per heavy atom. The summed E-state index contributed by atoms with van der Waals surface area (Å²) in [5, 5.41) is 10.6. The summed E-state index contributed by atoms with van der Waals surface area (Å²) in [5.74, 6) is 0.139. The number of imidazole rings is 1. The molecule has 1 aromatic carbocycles. The van der Waals surface area contributed by atoms with Gasteiger partial charge in [0, 0.05) is 11.9 Å². The fourth-order valence-corrected chi connectivity index (χ4v) is 4.24. The van der Waals surface area contributed by atoms with Crippen LogP contribution in [-0.2, 0) is 28.4 Å². The fourth-order valence-electron chi connectivity index (χ4n) is 2.24. The van der Waals surface area contributed by atoms with Crippen LogP contribution >= 0.6 is 23.1 Å². The molecule has 10 heteroatoms. The van der Waals surface area contributed by atoms with Gasteiger partial charge < -0.3 is 9.88 Å². The topological polar surface area (TPSA) is 107 Å². The molecule has 0 aliphatic heterocycles. The van der Waals surface area contributed by atoms with Crippen LogP contribution in [0.25, 0.3) is 11.0 Å². The molecule has 0 fully saturated rings. The second-order valence-corrected chi connectivity index (χ2v) is 8.83. The van der Waals surface area contributed by atoms with Crippen LogP contribution in [0.15, 0.2) is 45.8 Å². The fraction of sp³-hybridized carbons (Fsp3) is 0.200. The number of amides is 1. The first-order valence-electron chi connectivity index (χ1n) is 7.26. The SMILES string of the molecule is Cn1c(SCC(=O)NCc2cccs2)nc2cc(S(N)(=O)=O)ccc21. The van der Waals surface area contributed by atoms with Crippen LogP contribution in [0, 0.1) is 0 Å². The minimum atomic E-state index is -3.77. The highest BCUT2D eigenvalue weighted by molar-refractivity contribution is 7.99. The van der Waals surface area contributed by atoms with Crippen molar-refractivity contribution in [2.45, 2.75) is 16.6 Å². The Morgan fingerprint density at radius 3 is 2.88 bits per heavy atom. The van der Waals surface area contributed by atoms with Crippen LogP contribution < -0.4 is 10.5 Å². The second kappa shape index (κ2) is 7.16. The minimum absolute atomic E-state index is 0.0170. The molecule has 0 radical (unpaired) electrons. The third-order valence-corrected chi connectivity index (χ3v) is 6.33. The molecule has 3 N–H and O–H groups in total. The third kappa shape index (κ3) is 4.21. The number of primary sulfonamides is 1. The van der Waals surface area contributed by atoms with Crippen molar-refractivity contribution in [3.05, 3.63) is 40.6 Å². The van der Waals surface area contributed by atoms with Gasteiger partial charge in [0.25, 0.3) is 0 Å². The summed E-state index contributed by atoms with van der Waals surface area (Å²) in [6.45, 7) is 0.511. The monoisotopic (exact) mass is 396 g/mol. The molecule has 0 bridgehead atoms. The Bertz CT molecular complexity index is 1010. The molecular weight excluding hydrogens is 380 g/mol. The lowest BCUT2D eigenvalue weighted by Crippen LogP contribution is -2.24. The van der Waals surface area contributed by atoms with Crippen LogP contribution in [-0.4, -0.2) is 29.6 Å². The molecule has 0 spiro atoms. The standard InChI is InChI=1S/C15H16N4O3S3/c1-19-13-5-4-11(25(16,21)22)7-12(13)18-15(19)24-9-14(20)17-8-10-3-2-6-23-10/h2-7H,8-9H2,1H3,(H,17,20)(H2,16,21,22). The number of aryl methyl sites for hydroxylation is 1. The van der Waals surface area contributed by atoms with Gasteiger partial charge in [-0.1, -0.05) is 17.8 Å². The number of benzene rings is 1. The lowest BCUT2D eigenvalue weighted by Gasteiger charge is -2.04. The maximum absolute atomic E-state index is 12.0. The summed E-state index contributed by atoms with van der Waals surface area (Å²) >= 11 is 2.88. The van der Waals surface area contributed by atoms with Crippen molar-refractivity contribution in [3.63, 3.8) is 0 Å². The molecule has 0 unspecified atom stereocenters. The smallest absolute Gasteiger partial charge is 0.238 e. The van der Waals surface area contributed by atoms with Crippen molar-refractivity contribution >= 4 is 50.1 Å². The maximum atomic E-state index is 12.0. The van der Waals surface area contributed by atoms with E-state index in [0.717, 1.165) is 10.4 Å². The number of hydrogen-bond acceptors (Lipinski definition) is 6. The zero-order valence-electron chi connectivity index (χ0n) is 13.3. The number of carbonyl (C=O) groups is 1. The first kappa shape index (κ1) is 17.9. The molecule has 25 heavy (non-hydrogen) atoms. The van der Waals surface area contributed by atoms with Gasteiger partial charge in [-0.15, -0.1) is 11.3 Å². The molecule has 2 heterocycles. The Morgan fingerprint density at radius 2 is 2.20 bits per heavy atom. The second-order valence-electron chi connectivity index (χ2n) is 5.29. The first-order chi connectivity index (χ1) is 11.8. The van der Waals surface area contributed by atoms with E-state index in [1.165, 1.54) is 23.9 Å². The van der Waals surface area contributed by atoms with E-state index < -0.39 is 10.0 Å². The summed E-state index contributed by atoms with van der Waals surface area (Å²) in [6.07, 6.45) is 0. The zero-order valence-corrected chi connectivity index (χ0v) is 15.7. The van der Waals surface area contributed by atoms with Crippen molar-refractivity contribution < 1.29 is 13.2 Å². The van der Waals surface area contributed by atoms with Crippen molar-refractivity contribution in [3.8, 4) is 0 Å². The van der Waals surface area contributed by atoms with Crippen LogP contribution in [0.1, 0.15) is 4.88 Å². The molecule has 2 aromatic heterocycles. The number of nitrogens with two attached hydrogens (primary N) is 1. The number of nitrogens with one attached hydrogen (secondary N) is 1. The van der Waals surface area contributed by atoms with Gasteiger partial charge >= 0.3 is 0 Å². The number of hydrogen-bond donors (Lipinski definition) is 2. The highest BCUT2D eigenvalue weighted by Gasteiger charge is 2.14. The Labute approximate surface area is 153 Å². The van der Waals surface area contributed by atoms with E-state index in [1.807, 2.05) is 29.1 Å². The summed E-state index contributed by atoms with van der Waals surface area (Å²) in [5.41, 5.74) is 1.30. The molecule has 0 aliphatic rings. The summed E-state index contributed by atoms with van der Waals surface area (Å²) in [7, 11) is -1.95. The average molecular weight is 397 g/mol. The van der Waals surface area contributed by atoms with Crippen molar-refractivity contribution in [2.24, 2.45) is 12.2 Å². The number of rotatable bonds is 6. The molecule has 0 aliphatic carbocycles. The number of fused-ring (bicyclic) bond motifs is 1. The largest absolute Gasteiger partial charge is 0.350 e. The number of sulfonamides is 1. The molecule has 3 aromatic rings. The van der Waals surface area contributed by atoms with Gasteiger partial charge in [0.05, 0.1) is 28.2 Å². The summed E-state index contributed by atoms with van der Waals surface area (Å²) in [4.78, 5) is 17.5. The van der Waals surface area contributed by atoms with Gasteiger partial charge in [-0.25, -0.2) is 18.5 Å². The van der Waals surface area contributed by atoms with Crippen LogP contribution in [0.2, 0.25) is 0 Å². The molecule has 0 atom stereocenters. The van der Waals surface area contributed by atoms with E-state index in [9.17, 15) is 13.2 Å². The van der Waals surface area contributed by atoms with Crippen molar-refractivity contribution in [1.82, 2.24) is 14.9 Å². The number of aromatic nitrogens is 2. The summed E-state index contributed by atoms with van der Waals surface area (Å²) in [6, 6.07) is 8.44. The molecule has 0 saturated heterocycles. The van der Waals surface area contributed by atoms with Crippen molar-refractivity contribution in [2.75, 3.05) is 5.75 Å². The Balaban J connectivity index is 1.69. The molecular formula is C15H16N4O3S3. The number of thiophene rings is 1. The molecule has 132 valence electrons. The lowest BCUT2D eigenvalue weighted by molar-refractivity contribution is -0.118. The van der Waals surface area contributed by atoms with Gasteiger partial charge in [-0.3, -0.25) is 4.79 Å². The molecule has 1 amide bonds. The quantitative estimate of drug-likeness (QED) is 0.617. The zero-order chi connectivity index (χ0) is 18.0. The van der Waals surface area contributed by atoms with E-state index in [4.69, 9.17) is 5.14 Å². The van der Waals surface area contributed by atoms with E-state index >= 15 is 0 Å². The van der Waals surface area contributed by atoms with Gasteiger partial charge in [0.15, 0.2) is 5.16 Å². The van der Waals surface area contributed by atoms with E-state index in [2.05, 4.69) is 10.3 Å². The predicted molar refractivity (Wildman–Crippen MR) is 99.0 cm³/mol. The molecule has 0 saturated carbocycles. The molecule has 7 nitrogen and oxygen atoms in total. The van der Waals surface area contributed by atoms with E-state index in [0.29, 0.717) is 17.2 Å². The van der Waals surface area contributed by atoms with E-state index in [-0.39, 0.29) is 16.6 Å². The van der Waals surface area contributed by atoms with Gasteiger partial charge in [0.2, 0.25) is 15.9 Å². The Kier molecular flexibility index (Phi) is 5.13. The van der Waals surface area contributed by atoms with Crippen molar-refractivity contribution in [1.29, 1.82) is 0 Å². The number of carbonyl (C=O) groups excluding carboxylic acids is 1. The van der Waals surface area contributed by atoms with E-state index in [1.54, 1.807) is 17.4 Å². The number of thioether (sulfide) groups is 1. The normalized spacial score (nSPS) is 11.8. The third-order valence-electron chi connectivity index (χ3n) is 3.51. The maximum Gasteiger partial charge on any atom is 0.238 e. The lowest BCUT2D eigenvalue weighted by atomic mass is 10.3. The van der Waals surface area contributed by atoms with Gasteiger partial charge in [0.1, 0.15) is 0 Å². The van der Waals surface area contributed by atoms with Crippen LogP contribution in [0.3, 0.4) is 0 Å². The van der Waals surface area contributed by atoms with Gasteiger partial charge in [-0.2, -0.15) is 0 Å². The minimum Gasteiger partial charge on any atom is -0.350 e.